The molecule has 1 aromatic carbocycles. The van der Waals surface area contributed by atoms with Crippen LogP contribution in [0.4, 0.5) is 0 Å². The summed E-state index contributed by atoms with van der Waals surface area (Å²) in [5.74, 6) is 0. The van der Waals surface area contributed by atoms with Crippen LogP contribution in [0.3, 0.4) is 0 Å². The number of benzene rings is 1. The zero-order valence-electron chi connectivity index (χ0n) is 15.0. The minimum Gasteiger partial charge on any atom is -0.404 e. The number of nitrogens with zero attached hydrogens (tertiary/aromatic N) is 4. The molecule has 0 bridgehead atoms. The standard InChI is InChI=1S/C20H26N6/c21-11-15(20-14-24-18-3-1-2-4-19(18)25-20)12-23-16-6-9-26(10-7-16)17-5-8-22-13-17/h1-4,11-12,14,16-17,22H,5-10,13,21H2. The fraction of sp³-hybridized carbons (Fsp3) is 0.450. The van der Waals surface area contributed by atoms with Crippen molar-refractivity contribution in [1.82, 2.24) is 20.2 Å². The molecule has 0 radical (unpaired) electrons. The lowest BCUT2D eigenvalue weighted by Gasteiger charge is -2.34. The van der Waals surface area contributed by atoms with E-state index in [-0.39, 0.29) is 0 Å². The van der Waals surface area contributed by atoms with Crippen molar-refractivity contribution >= 4 is 22.8 Å². The average Bonchev–Trinajstić information content (AvgIpc) is 3.24. The quantitative estimate of drug-likeness (QED) is 0.823. The molecule has 1 unspecified atom stereocenters. The van der Waals surface area contributed by atoms with Gasteiger partial charge in [0, 0.05) is 43.7 Å². The lowest BCUT2D eigenvalue weighted by molar-refractivity contribution is 0.163. The molecule has 1 aromatic heterocycles. The molecule has 6 heteroatoms. The van der Waals surface area contributed by atoms with Crippen molar-refractivity contribution in [3.05, 3.63) is 42.4 Å². The van der Waals surface area contributed by atoms with Crippen molar-refractivity contribution in [1.29, 1.82) is 0 Å². The molecule has 0 spiro atoms. The van der Waals surface area contributed by atoms with Crippen molar-refractivity contribution in [3.63, 3.8) is 0 Å². The Morgan fingerprint density at radius 3 is 2.73 bits per heavy atom. The second-order valence-corrected chi connectivity index (χ2v) is 7.06. The summed E-state index contributed by atoms with van der Waals surface area (Å²) < 4.78 is 0. The normalized spacial score (nSPS) is 23.2. The van der Waals surface area contributed by atoms with Crippen LogP contribution < -0.4 is 11.1 Å². The number of fused-ring (bicyclic) bond motifs is 1. The lowest BCUT2D eigenvalue weighted by Crippen LogP contribution is -2.43. The molecule has 2 saturated heterocycles. The van der Waals surface area contributed by atoms with Gasteiger partial charge in [-0.15, -0.1) is 0 Å². The molecular weight excluding hydrogens is 324 g/mol. The van der Waals surface area contributed by atoms with E-state index >= 15 is 0 Å². The summed E-state index contributed by atoms with van der Waals surface area (Å²) in [6.07, 6.45) is 8.69. The van der Waals surface area contributed by atoms with Crippen molar-refractivity contribution in [2.45, 2.75) is 31.3 Å². The molecule has 2 fully saturated rings. The molecule has 0 aliphatic carbocycles. The highest BCUT2D eigenvalue weighted by atomic mass is 15.2. The van der Waals surface area contributed by atoms with Gasteiger partial charge in [0.2, 0.25) is 0 Å². The third-order valence-electron chi connectivity index (χ3n) is 5.40. The fourth-order valence-electron chi connectivity index (χ4n) is 3.83. The second kappa shape index (κ2) is 7.93. The lowest BCUT2D eigenvalue weighted by atomic mass is 10.0. The summed E-state index contributed by atoms with van der Waals surface area (Å²) in [7, 11) is 0. The summed E-state index contributed by atoms with van der Waals surface area (Å²) in [6.45, 7) is 4.55. The van der Waals surface area contributed by atoms with Gasteiger partial charge in [-0.25, -0.2) is 4.98 Å². The molecule has 4 rings (SSSR count). The van der Waals surface area contributed by atoms with E-state index in [1.54, 1.807) is 12.4 Å². The molecule has 3 N–H and O–H groups in total. The molecule has 0 saturated carbocycles. The van der Waals surface area contributed by atoms with E-state index in [1.807, 2.05) is 30.5 Å². The van der Waals surface area contributed by atoms with Crippen LogP contribution in [0.5, 0.6) is 0 Å². The summed E-state index contributed by atoms with van der Waals surface area (Å²) in [6, 6.07) is 8.93. The first kappa shape index (κ1) is 17.1. The maximum atomic E-state index is 5.83. The Morgan fingerprint density at radius 1 is 1.19 bits per heavy atom. The van der Waals surface area contributed by atoms with Crippen LogP contribution in [0.25, 0.3) is 16.6 Å². The number of hydrogen-bond acceptors (Lipinski definition) is 6. The summed E-state index contributed by atoms with van der Waals surface area (Å²) >= 11 is 0. The summed E-state index contributed by atoms with van der Waals surface area (Å²) in [5, 5.41) is 3.45. The molecule has 136 valence electrons. The third-order valence-corrected chi connectivity index (χ3v) is 5.40. The molecule has 1 atom stereocenters. The highest BCUT2D eigenvalue weighted by Crippen LogP contribution is 2.19. The molecule has 2 aliphatic heterocycles. The Balaban J connectivity index is 1.40. The molecule has 0 amide bonds. The zero-order valence-corrected chi connectivity index (χ0v) is 15.0. The summed E-state index contributed by atoms with van der Waals surface area (Å²) in [4.78, 5) is 16.5. The number of hydrogen-bond donors (Lipinski definition) is 2. The van der Waals surface area contributed by atoms with E-state index in [4.69, 9.17) is 10.7 Å². The zero-order chi connectivity index (χ0) is 17.8. The van der Waals surface area contributed by atoms with Crippen molar-refractivity contribution in [2.24, 2.45) is 10.7 Å². The van der Waals surface area contributed by atoms with E-state index < -0.39 is 0 Å². The molecular formula is C20H26N6. The maximum absolute atomic E-state index is 5.83. The van der Waals surface area contributed by atoms with E-state index in [0.717, 1.165) is 61.3 Å². The first-order valence-corrected chi connectivity index (χ1v) is 9.45. The van der Waals surface area contributed by atoms with Gasteiger partial charge < -0.3 is 11.1 Å². The fourth-order valence-corrected chi connectivity index (χ4v) is 3.83. The third kappa shape index (κ3) is 3.76. The van der Waals surface area contributed by atoms with Crippen LogP contribution in [0, 0.1) is 0 Å². The van der Waals surface area contributed by atoms with Crippen LogP contribution >= 0.6 is 0 Å². The van der Waals surface area contributed by atoms with Gasteiger partial charge in [0.15, 0.2) is 0 Å². The average molecular weight is 350 g/mol. The molecule has 2 aromatic rings. The minimum absolute atomic E-state index is 0.365. The van der Waals surface area contributed by atoms with E-state index in [2.05, 4.69) is 20.2 Å². The SMILES string of the molecule is NC=C(C=NC1CCN(C2CCNC2)CC1)c1cnc2ccccc2n1. The monoisotopic (exact) mass is 350 g/mol. The van der Waals surface area contributed by atoms with Gasteiger partial charge >= 0.3 is 0 Å². The topological polar surface area (TPSA) is 79.4 Å². The van der Waals surface area contributed by atoms with Crippen molar-refractivity contribution < 1.29 is 0 Å². The van der Waals surface area contributed by atoms with Gasteiger partial charge in [0.1, 0.15) is 0 Å². The van der Waals surface area contributed by atoms with Crippen LogP contribution in [-0.2, 0) is 0 Å². The van der Waals surface area contributed by atoms with Gasteiger partial charge in [0.25, 0.3) is 0 Å². The molecule has 3 heterocycles. The van der Waals surface area contributed by atoms with E-state index in [9.17, 15) is 0 Å². The first-order valence-electron chi connectivity index (χ1n) is 9.45. The van der Waals surface area contributed by atoms with Gasteiger partial charge in [0.05, 0.1) is 29.0 Å². The van der Waals surface area contributed by atoms with Gasteiger partial charge in [-0.2, -0.15) is 0 Å². The Morgan fingerprint density at radius 2 is 2.00 bits per heavy atom. The van der Waals surface area contributed by atoms with Crippen LogP contribution in [0.2, 0.25) is 0 Å². The second-order valence-electron chi connectivity index (χ2n) is 7.06. The van der Waals surface area contributed by atoms with Crippen LogP contribution in [0.1, 0.15) is 25.0 Å². The Kier molecular flexibility index (Phi) is 5.22. The number of allylic oxidation sites excluding steroid dienone is 1. The number of rotatable bonds is 4. The maximum Gasteiger partial charge on any atom is 0.0922 e. The van der Waals surface area contributed by atoms with Gasteiger partial charge in [-0.3, -0.25) is 14.9 Å². The van der Waals surface area contributed by atoms with E-state index in [0.29, 0.717) is 12.1 Å². The Bertz CT molecular complexity index is 801. The number of para-hydroxylation sites is 2. The number of aromatic nitrogens is 2. The Hall–Kier alpha value is -2.31. The molecule has 26 heavy (non-hydrogen) atoms. The van der Waals surface area contributed by atoms with Gasteiger partial charge in [-0.05, 0) is 37.9 Å². The minimum atomic E-state index is 0.365. The smallest absolute Gasteiger partial charge is 0.0922 e. The molecule has 2 aliphatic rings. The predicted octanol–water partition coefficient (Wildman–Crippen LogP) is 1.83. The highest BCUT2D eigenvalue weighted by Gasteiger charge is 2.26. The van der Waals surface area contributed by atoms with Crippen molar-refractivity contribution in [3.8, 4) is 0 Å². The highest BCUT2D eigenvalue weighted by molar-refractivity contribution is 6.09. The van der Waals surface area contributed by atoms with Gasteiger partial charge in [-0.1, -0.05) is 12.1 Å². The summed E-state index contributed by atoms with van der Waals surface area (Å²) in [5.41, 5.74) is 9.18. The number of aliphatic imine (C=N–C) groups is 1. The molecule has 6 nitrogen and oxygen atoms in total. The number of nitrogens with one attached hydrogen (secondary N) is 1. The number of likely N-dealkylation sites (tertiary alicyclic amines) is 1. The number of piperidine rings is 1. The largest absolute Gasteiger partial charge is 0.404 e. The van der Waals surface area contributed by atoms with Crippen LogP contribution in [0.15, 0.2) is 41.7 Å². The van der Waals surface area contributed by atoms with Crippen molar-refractivity contribution in [2.75, 3.05) is 26.2 Å². The Labute approximate surface area is 154 Å². The first-order chi connectivity index (χ1) is 12.8. The number of nitrogens with two attached hydrogens (primary N) is 1. The van der Waals surface area contributed by atoms with Crippen LogP contribution in [-0.4, -0.2) is 59.3 Å². The predicted molar refractivity (Wildman–Crippen MR) is 106 cm³/mol. The van der Waals surface area contributed by atoms with E-state index in [1.165, 1.54) is 6.42 Å².